The van der Waals surface area contributed by atoms with Crippen molar-refractivity contribution >= 4 is 5.78 Å². The van der Waals surface area contributed by atoms with E-state index in [-0.39, 0.29) is 23.1 Å². The van der Waals surface area contributed by atoms with Crippen LogP contribution in [0.15, 0.2) is 12.1 Å². The molecular formula is C16H17NO3. The van der Waals surface area contributed by atoms with E-state index in [0.29, 0.717) is 18.4 Å². The topological polar surface area (TPSA) is 58.6 Å². The van der Waals surface area contributed by atoms with Gasteiger partial charge in [0, 0.05) is 29.5 Å². The van der Waals surface area contributed by atoms with E-state index < -0.39 is 0 Å². The van der Waals surface area contributed by atoms with E-state index in [1.165, 1.54) is 11.1 Å². The highest BCUT2D eigenvalue weighted by molar-refractivity contribution is 5.88. The van der Waals surface area contributed by atoms with Gasteiger partial charge in [0.2, 0.25) is 0 Å². The number of nitrogens with one attached hydrogen (secondary N) is 1. The quantitative estimate of drug-likeness (QED) is 0.746. The van der Waals surface area contributed by atoms with Gasteiger partial charge in [-0.1, -0.05) is 0 Å². The third-order valence-electron chi connectivity index (χ3n) is 5.87. The first-order chi connectivity index (χ1) is 9.70. The van der Waals surface area contributed by atoms with Crippen LogP contribution in [0.1, 0.15) is 30.4 Å². The number of carbonyl (C=O) groups excluding carboxylic acids is 1. The lowest BCUT2D eigenvalue weighted by Gasteiger charge is -2.54. The number of benzene rings is 1. The van der Waals surface area contributed by atoms with Gasteiger partial charge in [-0.3, -0.25) is 4.79 Å². The van der Waals surface area contributed by atoms with Crippen molar-refractivity contribution in [3.05, 3.63) is 23.3 Å². The Kier molecular flexibility index (Phi) is 1.88. The molecule has 2 fully saturated rings. The lowest BCUT2D eigenvalue weighted by molar-refractivity contribution is -0.135. The summed E-state index contributed by atoms with van der Waals surface area (Å²) in [7, 11) is 0. The molecule has 2 heterocycles. The highest BCUT2D eigenvalue weighted by atomic mass is 16.5. The highest BCUT2D eigenvalue weighted by Crippen LogP contribution is 2.60. The van der Waals surface area contributed by atoms with Crippen LogP contribution in [0, 0.1) is 5.92 Å². The van der Waals surface area contributed by atoms with Gasteiger partial charge >= 0.3 is 0 Å². The summed E-state index contributed by atoms with van der Waals surface area (Å²) in [5, 5.41) is 13.5. The molecule has 4 aliphatic rings. The van der Waals surface area contributed by atoms with Crippen LogP contribution >= 0.6 is 0 Å². The van der Waals surface area contributed by atoms with Crippen LogP contribution < -0.4 is 10.1 Å². The monoisotopic (exact) mass is 271 g/mol. The highest BCUT2D eigenvalue weighted by Gasteiger charge is 2.64. The van der Waals surface area contributed by atoms with Crippen LogP contribution in [-0.4, -0.2) is 29.6 Å². The minimum atomic E-state index is -0.318. The van der Waals surface area contributed by atoms with E-state index in [0.717, 1.165) is 31.6 Å². The SMILES string of the molecule is O=C1CCC2C3Cc4cc(O)cc5c4C2(CCN3)C1O5. The normalized spacial score (nSPS) is 40.2. The van der Waals surface area contributed by atoms with Gasteiger partial charge in [-0.2, -0.15) is 0 Å². The zero-order chi connectivity index (χ0) is 13.5. The van der Waals surface area contributed by atoms with Gasteiger partial charge in [0.25, 0.3) is 0 Å². The molecule has 2 aliphatic carbocycles. The van der Waals surface area contributed by atoms with Crippen molar-refractivity contribution in [2.24, 2.45) is 5.92 Å². The molecule has 1 aromatic carbocycles. The maximum atomic E-state index is 12.4. The molecule has 5 rings (SSSR count). The zero-order valence-corrected chi connectivity index (χ0v) is 11.2. The van der Waals surface area contributed by atoms with Crippen molar-refractivity contribution in [1.29, 1.82) is 0 Å². The van der Waals surface area contributed by atoms with E-state index in [4.69, 9.17) is 4.74 Å². The van der Waals surface area contributed by atoms with Gasteiger partial charge in [-0.05, 0) is 43.4 Å². The van der Waals surface area contributed by atoms with Gasteiger partial charge in [0.05, 0.1) is 0 Å². The number of Topliss-reactive ketones (excluding diaryl/α,β-unsaturated/α-hetero) is 1. The number of carbonyl (C=O) groups is 1. The number of aromatic hydroxyl groups is 1. The van der Waals surface area contributed by atoms with Crippen LogP contribution in [0.25, 0.3) is 0 Å². The Balaban J connectivity index is 1.84. The number of phenolic OH excluding ortho intramolecular Hbond substituents is 1. The Morgan fingerprint density at radius 2 is 2.30 bits per heavy atom. The zero-order valence-electron chi connectivity index (χ0n) is 11.2. The molecule has 4 heteroatoms. The second-order valence-electron chi connectivity index (χ2n) is 6.64. The molecule has 1 spiro atoms. The average Bonchev–Trinajstić information content (AvgIpc) is 2.72. The Hall–Kier alpha value is -1.55. The van der Waals surface area contributed by atoms with Gasteiger partial charge in [0.15, 0.2) is 11.9 Å². The minimum absolute atomic E-state index is 0.123. The first-order valence-electron chi connectivity index (χ1n) is 7.49. The molecule has 104 valence electrons. The second-order valence-corrected chi connectivity index (χ2v) is 6.64. The second kappa shape index (κ2) is 3.37. The number of rotatable bonds is 0. The van der Waals surface area contributed by atoms with Crippen LogP contribution in [0.4, 0.5) is 0 Å². The predicted octanol–water partition coefficient (Wildman–Crippen LogP) is 1.29. The van der Waals surface area contributed by atoms with Gasteiger partial charge in [0.1, 0.15) is 11.5 Å². The molecule has 1 saturated heterocycles. The summed E-state index contributed by atoms with van der Waals surface area (Å²) in [5.74, 6) is 1.74. The van der Waals surface area contributed by atoms with E-state index in [1.54, 1.807) is 6.07 Å². The largest absolute Gasteiger partial charge is 0.508 e. The number of piperidine rings is 1. The summed E-state index contributed by atoms with van der Waals surface area (Å²) in [4.78, 5) is 12.4. The van der Waals surface area contributed by atoms with Gasteiger partial charge < -0.3 is 15.2 Å². The fourth-order valence-corrected chi connectivity index (χ4v) is 5.28. The summed E-state index contributed by atoms with van der Waals surface area (Å²) in [5.41, 5.74) is 2.28. The van der Waals surface area contributed by atoms with E-state index in [9.17, 15) is 9.90 Å². The molecule has 4 unspecified atom stereocenters. The van der Waals surface area contributed by atoms with E-state index >= 15 is 0 Å². The molecule has 1 saturated carbocycles. The third-order valence-corrected chi connectivity index (χ3v) is 5.87. The maximum Gasteiger partial charge on any atom is 0.174 e. The van der Waals surface area contributed by atoms with Crippen LogP contribution in [0.5, 0.6) is 11.5 Å². The Bertz CT molecular complexity index is 641. The molecule has 4 nitrogen and oxygen atoms in total. The minimum Gasteiger partial charge on any atom is -0.508 e. The Morgan fingerprint density at radius 3 is 3.20 bits per heavy atom. The number of hydrogen-bond acceptors (Lipinski definition) is 4. The fraction of sp³-hybridized carbons (Fsp3) is 0.562. The van der Waals surface area contributed by atoms with Crippen molar-refractivity contribution < 1.29 is 14.6 Å². The predicted molar refractivity (Wildman–Crippen MR) is 72.0 cm³/mol. The summed E-state index contributed by atoms with van der Waals surface area (Å²) >= 11 is 0. The first-order valence-corrected chi connectivity index (χ1v) is 7.49. The molecule has 0 radical (unpaired) electrons. The van der Waals surface area contributed by atoms with Crippen molar-refractivity contribution in [3.8, 4) is 11.5 Å². The number of hydrogen-bond donors (Lipinski definition) is 2. The molecule has 2 aliphatic heterocycles. The Labute approximate surface area is 117 Å². The molecule has 0 aromatic heterocycles. The molecule has 4 atom stereocenters. The van der Waals surface area contributed by atoms with Crippen LogP contribution in [0.3, 0.4) is 0 Å². The van der Waals surface area contributed by atoms with Gasteiger partial charge in [-0.25, -0.2) is 0 Å². The first kappa shape index (κ1) is 11.1. The molecule has 20 heavy (non-hydrogen) atoms. The smallest absolute Gasteiger partial charge is 0.174 e. The summed E-state index contributed by atoms with van der Waals surface area (Å²) in [6.07, 6.45) is 3.19. The van der Waals surface area contributed by atoms with Crippen molar-refractivity contribution in [1.82, 2.24) is 5.32 Å². The van der Waals surface area contributed by atoms with E-state index in [1.807, 2.05) is 6.07 Å². The van der Waals surface area contributed by atoms with Crippen molar-refractivity contribution in [3.63, 3.8) is 0 Å². The fourth-order valence-electron chi connectivity index (χ4n) is 5.28. The number of ketones is 1. The van der Waals surface area contributed by atoms with Crippen LogP contribution in [0.2, 0.25) is 0 Å². The lowest BCUT2D eigenvalue weighted by atomic mass is 9.52. The molecule has 2 bridgehead atoms. The lowest BCUT2D eigenvalue weighted by Crippen LogP contribution is -2.65. The maximum absolute atomic E-state index is 12.4. The molecule has 2 N–H and O–H groups in total. The molecular weight excluding hydrogens is 254 g/mol. The average molecular weight is 271 g/mol. The van der Waals surface area contributed by atoms with Crippen molar-refractivity contribution in [2.75, 3.05) is 6.54 Å². The number of ether oxygens (including phenoxy) is 1. The molecule has 0 amide bonds. The standard InChI is InChI=1S/C16H17NO3/c18-9-5-8-6-11-10-1-2-12(19)15-16(10,3-4-17-11)14(8)13(7-9)20-15/h5,7,10-11,15,17-18H,1-4,6H2. The summed E-state index contributed by atoms with van der Waals surface area (Å²) < 4.78 is 6.03. The summed E-state index contributed by atoms with van der Waals surface area (Å²) in [6.45, 7) is 0.952. The molecule has 1 aromatic rings. The third kappa shape index (κ3) is 1.07. The van der Waals surface area contributed by atoms with E-state index in [2.05, 4.69) is 5.32 Å². The number of phenols is 1. The summed E-state index contributed by atoms with van der Waals surface area (Å²) in [6, 6.07) is 3.98. The Morgan fingerprint density at radius 1 is 1.40 bits per heavy atom. The van der Waals surface area contributed by atoms with Gasteiger partial charge in [-0.15, -0.1) is 0 Å². The van der Waals surface area contributed by atoms with Crippen LogP contribution in [-0.2, 0) is 16.6 Å². The van der Waals surface area contributed by atoms with Crippen molar-refractivity contribution in [2.45, 2.75) is 43.2 Å².